The largest absolute Gasteiger partial charge is 0.479 e. The third-order valence-electron chi connectivity index (χ3n) is 7.51. The topological polar surface area (TPSA) is 111 Å². The number of alkyl halides is 3. The van der Waals surface area contributed by atoms with Crippen molar-refractivity contribution in [2.75, 3.05) is 0 Å². The van der Waals surface area contributed by atoms with Crippen molar-refractivity contribution in [3.8, 4) is 0 Å². The Labute approximate surface area is 222 Å². The fourth-order valence-electron chi connectivity index (χ4n) is 5.10. The fraction of sp³-hybridized carbons (Fsp3) is 0.393. The number of carbonyl (C=O) groups is 3. The number of rotatable bonds is 8. The average molecular weight is 548 g/mol. The van der Waals surface area contributed by atoms with E-state index in [4.69, 9.17) is 0 Å². The molecule has 11 heteroatoms. The quantitative estimate of drug-likeness (QED) is 0.311. The summed E-state index contributed by atoms with van der Waals surface area (Å²) < 4.78 is 54.7. The summed E-state index contributed by atoms with van der Waals surface area (Å²) in [5, 5.41) is 15.7. The van der Waals surface area contributed by atoms with Crippen molar-refractivity contribution < 1.29 is 37.1 Å². The molecular weight excluding hydrogens is 518 g/mol. The summed E-state index contributed by atoms with van der Waals surface area (Å²) in [5.74, 6) is -3.61. The highest BCUT2D eigenvalue weighted by atomic mass is 19.4. The molecule has 1 aliphatic rings. The van der Waals surface area contributed by atoms with E-state index in [9.17, 15) is 37.1 Å². The highest BCUT2D eigenvalue weighted by Gasteiger charge is 2.46. The van der Waals surface area contributed by atoms with Crippen LogP contribution in [0.1, 0.15) is 49.1 Å². The Morgan fingerprint density at radius 1 is 1.13 bits per heavy atom. The number of amides is 2. The number of aromatic nitrogens is 1. The number of carboxylic acid groups (broad SMARTS) is 1. The molecular formula is C28H29F4N3O4. The molecule has 2 aromatic carbocycles. The Morgan fingerprint density at radius 2 is 1.85 bits per heavy atom. The molecule has 0 bridgehead atoms. The van der Waals surface area contributed by atoms with Gasteiger partial charge >= 0.3 is 12.1 Å². The average Bonchev–Trinajstić information content (AvgIpc) is 3.25. The number of benzene rings is 2. The van der Waals surface area contributed by atoms with Crippen LogP contribution < -0.4 is 10.6 Å². The monoisotopic (exact) mass is 547 g/mol. The Bertz CT molecular complexity index is 1420. The number of H-pyrrole nitrogens is 1. The van der Waals surface area contributed by atoms with Crippen LogP contribution in [-0.2, 0) is 39.8 Å². The minimum absolute atomic E-state index is 0.0638. The Balaban J connectivity index is 1.60. The first-order valence-corrected chi connectivity index (χ1v) is 12.6. The van der Waals surface area contributed by atoms with Gasteiger partial charge in [0, 0.05) is 17.5 Å². The molecule has 0 saturated heterocycles. The number of aromatic amines is 1. The molecule has 39 heavy (non-hydrogen) atoms. The molecule has 3 aromatic rings. The summed E-state index contributed by atoms with van der Waals surface area (Å²) in [5.41, 5.74) is -1.74. The summed E-state index contributed by atoms with van der Waals surface area (Å²) in [7, 11) is 0. The van der Waals surface area contributed by atoms with Crippen LogP contribution in [0.5, 0.6) is 0 Å². The highest BCUT2D eigenvalue weighted by Crippen LogP contribution is 2.40. The second kappa shape index (κ2) is 10.7. The van der Waals surface area contributed by atoms with E-state index in [1.807, 2.05) is 0 Å². The molecule has 0 spiro atoms. The molecule has 4 N–H and O–H groups in total. The second-order valence-electron chi connectivity index (χ2n) is 10.1. The molecule has 4 rings (SSSR count). The predicted octanol–water partition coefficient (Wildman–Crippen LogP) is 4.53. The van der Waals surface area contributed by atoms with E-state index in [1.165, 1.54) is 30.3 Å². The summed E-state index contributed by atoms with van der Waals surface area (Å²) in [4.78, 5) is 41.5. The number of halogens is 4. The zero-order valence-corrected chi connectivity index (χ0v) is 21.4. The Hall–Kier alpha value is -3.89. The SMILES string of the molecule is CCC(C)[C@@H](NC(=O)Cc1ccccc1F)C(=O)N[C@@]1(C(=O)O)CCc2[nH]c3c(C(F)(F)F)cccc3c2C1. The highest BCUT2D eigenvalue weighted by molar-refractivity contribution is 5.95. The summed E-state index contributed by atoms with van der Waals surface area (Å²) in [6.07, 6.45) is -4.63. The molecule has 0 radical (unpaired) electrons. The fourth-order valence-corrected chi connectivity index (χ4v) is 5.10. The third-order valence-corrected chi connectivity index (χ3v) is 7.51. The van der Waals surface area contributed by atoms with Gasteiger partial charge in [-0.3, -0.25) is 9.59 Å². The van der Waals surface area contributed by atoms with Crippen LogP contribution in [0.2, 0.25) is 0 Å². The zero-order chi connectivity index (χ0) is 28.5. The van der Waals surface area contributed by atoms with Gasteiger partial charge in [-0.1, -0.05) is 50.6 Å². The van der Waals surface area contributed by atoms with Gasteiger partial charge in [-0.2, -0.15) is 13.2 Å². The number of aryl methyl sites for hydroxylation is 1. The molecule has 1 heterocycles. The number of nitrogens with one attached hydrogen (secondary N) is 3. The number of hydrogen-bond acceptors (Lipinski definition) is 3. The van der Waals surface area contributed by atoms with Crippen molar-refractivity contribution in [3.63, 3.8) is 0 Å². The first-order chi connectivity index (χ1) is 18.4. The van der Waals surface area contributed by atoms with E-state index in [0.29, 0.717) is 17.7 Å². The molecule has 1 aliphatic carbocycles. The van der Waals surface area contributed by atoms with Gasteiger partial charge in [0.15, 0.2) is 0 Å². The van der Waals surface area contributed by atoms with Gasteiger partial charge in [0.2, 0.25) is 11.8 Å². The predicted molar refractivity (Wildman–Crippen MR) is 135 cm³/mol. The second-order valence-corrected chi connectivity index (χ2v) is 10.1. The number of carboxylic acids is 1. The Morgan fingerprint density at radius 3 is 2.49 bits per heavy atom. The summed E-state index contributed by atoms with van der Waals surface area (Å²) >= 11 is 0. The molecule has 0 aliphatic heterocycles. The summed E-state index contributed by atoms with van der Waals surface area (Å²) in [6.45, 7) is 3.52. The van der Waals surface area contributed by atoms with Crippen molar-refractivity contribution >= 4 is 28.7 Å². The lowest BCUT2D eigenvalue weighted by Gasteiger charge is -2.36. The first-order valence-electron chi connectivity index (χ1n) is 12.6. The van der Waals surface area contributed by atoms with E-state index in [2.05, 4.69) is 15.6 Å². The standard InChI is InChI=1S/C28H29F4N3O4/c1-3-15(2)23(34-22(36)13-16-7-4-5-10-20(16)29)25(37)35-27(26(38)39)12-11-21-18(14-27)17-8-6-9-19(24(17)33-21)28(30,31)32/h4-10,15,23,33H,3,11-14H2,1-2H3,(H,34,36)(H,35,37)(H,38,39)/t15?,23-,27+/m1/s1. The minimum atomic E-state index is -4.60. The number of aliphatic carboxylic acids is 1. The lowest BCUT2D eigenvalue weighted by Crippen LogP contribution is -2.62. The van der Waals surface area contributed by atoms with Gasteiger partial charge in [-0.25, -0.2) is 9.18 Å². The van der Waals surface area contributed by atoms with Gasteiger partial charge in [0.1, 0.15) is 17.4 Å². The van der Waals surface area contributed by atoms with Gasteiger partial charge < -0.3 is 20.7 Å². The third kappa shape index (κ3) is 5.62. The lowest BCUT2D eigenvalue weighted by atomic mass is 9.79. The van der Waals surface area contributed by atoms with Gasteiger partial charge in [-0.15, -0.1) is 0 Å². The van der Waals surface area contributed by atoms with Gasteiger partial charge in [0.05, 0.1) is 17.5 Å². The molecule has 2 amide bonds. The first kappa shape index (κ1) is 28.1. The molecule has 1 unspecified atom stereocenters. The van der Waals surface area contributed by atoms with Crippen molar-refractivity contribution in [1.82, 2.24) is 15.6 Å². The van der Waals surface area contributed by atoms with E-state index in [-0.39, 0.29) is 48.1 Å². The van der Waals surface area contributed by atoms with E-state index in [1.54, 1.807) is 19.9 Å². The molecule has 208 valence electrons. The molecule has 0 fully saturated rings. The van der Waals surface area contributed by atoms with Crippen molar-refractivity contribution in [2.45, 2.75) is 63.7 Å². The van der Waals surface area contributed by atoms with Crippen LogP contribution in [0.25, 0.3) is 10.9 Å². The number of para-hydroxylation sites is 1. The lowest BCUT2D eigenvalue weighted by molar-refractivity contribution is -0.149. The van der Waals surface area contributed by atoms with Crippen molar-refractivity contribution in [2.24, 2.45) is 5.92 Å². The number of carbonyl (C=O) groups excluding carboxylic acids is 2. The van der Waals surface area contributed by atoms with Crippen LogP contribution in [0.4, 0.5) is 17.6 Å². The molecule has 7 nitrogen and oxygen atoms in total. The minimum Gasteiger partial charge on any atom is -0.479 e. The van der Waals surface area contributed by atoms with E-state index in [0.717, 1.165) is 6.07 Å². The van der Waals surface area contributed by atoms with Crippen LogP contribution in [0, 0.1) is 11.7 Å². The van der Waals surface area contributed by atoms with Gasteiger partial charge in [-0.05, 0) is 42.0 Å². The smallest absolute Gasteiger partial charge is 0.418 e. The van der Waals surface area contributed by atoms with Gasteiger partial charge in [0.25, 0.3) is 0 Å². The molecule has 1 aromatic heterocycles. The van der Waals surface area contributed by atoms with Crippen molar-refractivity contribution in [1.29, 1.82) is 0 Å². The molecule has 0 saturated carbocycles. The number of fused-ring (bicyclic) bond motifs is 3. The van der Waals surface area contributed by atoms with Crippen molar-refractivity contribution in [3.05, 3.63) is 70.7 Å². The van der Waals surface area contributed by atoms with Crippen LogP contribution in [0.15, 0.2) is 42.5 Å². The normalized spacial score (nSPS) is 18.7. The van der Waals surface area contributed by atoms with E-state index < -0.39 is 46.9 Å². The summed E-state index contributed by atoms with van der Waals surface area (Å²) in [6, 6.07) is 8.36. The Kier molecular flexibility index (Phi) is 7.72. The van der Waals surface area contributed by atoms with Crippen LogP contribution in [0.3, 0.4) is 0 Å². The van der Waals surface area contributed by atoms with Crippen LogP contribution in [-0.4, -0.2) is 39.5 Å². The maximum absolute atomic E-state index is 14.0. The maximum Gasteiger partial charge on any atom is 0.418 e. The van der Waals surface area contributed by atoms with E-state index >= 15 is 0 Å². The maximum atomic E-state index is 14.0. The van der Waals surface area contributed by atoms with Crippen LogP contribution >= 0.6 is 0 Å². The number of hydrogen-bond donors (Lipinski definition) is 4. The molecule has 3 atom stereocenters. The zero-order valence-electron chi connectivity index (χ0n) is 21.4.